The molecule has 92 valence electrons. The van der Waals surface area contributed by atoms with Crippen molar-refractivity contribution in [1.29, 1.82) is 0 Å². The lowest BCUT2D eigenvalue weighted by atomic mass is 10.0. The van der Waals surface area contributed by atoms with E-state index in [0.717, 1.165) is 11.1 Å². The zero-order valence-corrected chi connectivity index (χ0v) is 11.2. The molecule has 0 aliphatic heterocycles. The van der Waals surface area contributed by atoms with Crippen LogP contribution < -0.4 is 0 Å². The second-order valence-electron chi connectivity index (χ2n) is 3.80. The topological polar surface area (TPSA) is 26.3 Å². The molecule has 0 heterocycles. The highest BCUT2D eigenvalue weighted by Gasteiger charge is 2.05. The molecule has 0 N–H and O–H groups in total. The molecule has 3 heteroatoms. The molecular formula is C15H14O2S. The van der Waals surface area contributed by atoms with Gasteiger partial charge in [-0.2, -0.15) is 0 Å². The van der Waals surface area contributed by atoms with E-state index in [1.165, 1.54) is 12.0 Å². The monoisotopic (exact) mass is 258 g/mol. The van der Waals surface area contributed by atoms with Gasteiger partial charge in [-0.05, 0) is 41.6 Å². The fraction of sp³-hybridized carbons (Fsp3) is 0.133. The van der Waals surface area contributed by atoms with E-state index in [0.29, 0.717) is 5.56 Å². The molecule has 18 heavy (non-hydrogen) atoms. The average molecular weight is 258 g/mol. The third-order valence-corrected chi connectivity index (χ3v) is 3.43. The summed E-state index contributed by atoms with van der Waals surface area (Å²) in [6, 6.07) is 15.8. The Morgan fingerprint density at radius 1 is 1.06 bits per heavy atom. The smallest absolute Gasteiger partial charge is 0.337 e. The van der Waals surface area contributed by atoms with E-state index in [1.54, 1.807) is 23.9 Å². The maximum atomic E-state index is 11.3. The molecule has 0 saturated carbocycles. The second-order valence-corrected chi connectivity index (χ2v) is 4.68. The highest BCUT2D eigenvalue weighted by atomic mass is 32.2. The first kappa shape index (κ1) is 12.7. The Morgan fingerprint density at radius 3 is 2.39 bits per heavy atom. The van der Waals surface area contributed by atoms with Crippen LogP contribution in [0.25, 0.3) is 11.1 Å². The Balaban J connectivity index is 2.31. The van der Waals surface area contributed by atoms with Crippen LogP contribution in [0.2, 0.25) is 0 Å². The summed E-state index contributed by atoms with van der Waals surface area (Å²) in [6.45, 7) is 0. The standard InChI is InChI=1S/C15H14O2S/c1-17-15(16)12-8-6-11(7-9-12)13-4-3-5-14(10-13)18-2/h3-10H,1-2H3. The lowest BCUT2D eigenvalue weighted by Crippen LogP contribution is -2.00. The normalized spacial score (nSPS) is 10.1. The van der Waals surface area contributed by atoms with Crippen LogP contribution in [-0.4, -0.2) is 19.3 Å². The van der Waals surface area contributed by atoms with E-state index < -0.39 is 0 Å². The molecule has 0 radical (unpaired) electrons. The van der Waals surface area contributed by atoms with Crippen LogP contribution in [0, 0.1) is 0 Å². The molecule has 2 aromatic rings. The molecule has 0 aliphatic rings. The van der Waals surface area contributed by atoms with E-state index in [2.05, 4.69) is 29.2 Å². The van der Waals surface area contributed by atoms with Crippen molar-refractivity contribution in [1.82, 2.24) is 0 Å². The molecule has 0 atom stereocenters. The largest absolute Gasteiger partial charge is 0.465 e. The van der Waals surface area contributed by atoms with Gasteiger partial charge < -0.3 is 4.74 Å². The van der Waals surface area contributed by atoms with Crippen molar-refractivity contribution in [2.75, 3.05) is 13.4 Å². The summed E-state index contributed by atoms with van der Waals surface area (Å²) in [6.07, 6.45) is 2.06. The molecule has 0 unspecified atom stereocenters. The van der Waals surface area contributed by atoms with Gasteiger partial charge in [0.2, 0.25) is 0 Å². The van der Waals surface area contributed by atoms with E-state index in [-0.39, 0.29) is 5.97 Å². The third-order valence-electron chi connectivity index (χ3n) is 2.71. The molecule has 0 aromatic heterocycles. The van der Waals surface area contributed by atoms with Crippen molar-refractivity contribution in [2.24, 2.45) is 0 Å². The average Bonchev–Trinajstić information content (AvgIpc) is 2.46. The van der Waals surface area contributed by atoms with E-state index in [4.69, 9.17) is 0 Å². The molecule has 2 nitrogen and oxygen atoms in total. The van der Waals surface area contributed by atoms with Gasteiger partial charge in [0.15, 0.2) is 0 Å². The molecular weight excluding hydrogens is 244 g/mol. The van der Waals surface area contributed by atoms with Gasteiger partial charge in [-0.25, -0.2) is 4.79 Å². The molecule has 2 aromatic carbocycles. The van der Waals surface area contributed by atoms with Gasteiger partial charge >= 0.3 is 5.97 Å². The number of ether oxygens (including phenoxy) is 1. The van der Waals surface area contributed by atoms with Crippen LogP contribution in [0.1, 0.15) is 10.4 Å². The fourth-order valence-corrected chi connectivity index (χ4v) is 2.18. The van der Waals surface area contributed by atoms with Gasteiger partial charge in [-0.1, -0.05) is 24.3 Å². The van der Waals surface area contributed by atoms with E-state index in [1.807, 2.05) is 18.2 Å². The van der Waals surface area contributed by atoms with Crippen LogP contribution in [0.15, 0.2) is 53.4 Å². The first-order chi connectivity index (χ1) is 8.74. The predicted molar refractivity (Wildman–Crippen MR) is 75.0 cm³/mol. The Hall–Kier alpha value is -1.74. The molecule has 0 fully saturated rings. The maximum Gasteiger partial charge on any atom is 0.337 e. The number of benzene rings is 2. The lowest BCUT2D eigenvalue weighted by molar-refractivity contribution is 0.0601. The number of rotatable bonds is 3. The van der Waals surface area contributed by atoms with Crippen molar-refractivity contribution in [3.8, 4) is 11.1 Å². The van der Waals surface area contributed by atoms with Gasteiger partial charge in [0, 0.05) is 4.90 Å². The van der Waals surface area contributed by atoms with Gasteiger partial charge in [0.05, 0.1) is 12.7 Å². The van der Waals surface area contributed by atoms with Crippen LogP contribution in [0.5, 0.6) is 0 Å². The number of carbonyl (C=O) groups excluding carboxylic acids is 1. The quantitative estimate of drug-likeness (QED) is 0.617. The summed E-state index contributed by atoms with van der Waals surface area (Å²) in [7, 11) is 1.39. The van der Waals surface area contributed by atoms with Gasteiger partial charge in [0.1, 0.15) is 0 Å². The van der Waals surface area contributed by atoms with Gasteiger partial charge in [-0.3, -0.25) is 0 Å². The number of methoxy groups -OCH3 is 1. The minimum Gasteiger partial charge on any atom is -0.465 e. The summed E-state index contributed by atoms with van der Waals surface area (Å²) in [5.74, 6) is -0.306. The molecule has 0 amide bonds. The summed E-state index contributed by atoms with van der Waals surface area (Å²) < 4.78 is 4.68. The summed E-state index contributed by atoms with van der Waals surface area (Å²) >= 11 is 1.72. The van der Waals surface area contributed by atoms with Crippen LogP contribution in [0.3, 0.4) is 0 Å². The number of esters is 1. The molecule has 0 bridgehead atoms. The zero-order valence-electron chi connectivity index (χ0n) is 10.3. The Bertz CT molecular complexity index is 547. The van der Waals surface area contributed by atoms with Crippen LogP contribution in [0.4, 0.5) is 0 Å². The minimum absolute atomic E-state index is 0.306. The highest BCUT2D eigenvalue weighted by molar-refractivity contribution is 7.98. The Labute approximate surface area is 111 Å². The van der Waals surface area contributed by atoms with E-state index >= 15 is 0 Å². The molecule has 0 saturated heterocycles. The van der Waals surface area contributed by atoms with Crippen molar-refractivity contribution in [3.63, 3.8) is 0 Å². The van der Waals surface area contributed by atoms with Gasteiger partial charge in [0.25, 0.3) is 0 Å². The summed E-state index contributed by atoms with van der Waals surface area (Å²) in [4.78, 5) is 12.6. The van der Waals surface area contributed by atoms with Crippen molar-refractivity contribution in [3.05, 3.63) is 54.1 Å². The van der Waals surface area contributed by atoms with Crippen molar-refractivity contribution < 1.29 is 9.53 Å². The minimum atomic E-state index is -0.306. The third kappa shape index (κ3) is 2.74. The molecule has 0 aliphatic carbocycles. The predicted octanol–water partition coefficient (Wildman–Crippen LogP) is 3.86. The van der Waals surface area contributed by atoms with Gasteiger partial charge in [-0.15, -0.1) is 11.8 Å². The first-order valence-electron chi connectivity index (χ1n) is 5.57. The number of carbonyl (C=O) groups is 1. The summed E-state index contributed by atoms with van der Waals surface area (Å²) in [5.41, 5.74) is 2.82. The van der Waals surface area contributed by atoms with Crippen LogP contribution in [-0.2, 0) is 4.74 Å². The molecule has 0 spiro atoms. The highest BCUT2D eigenvalue weighted by Crippen LogP contribution is 2.24. The SMILES string of the molecule is COC(=O)c1ccc(-c2cccc(SC)c2)cc1. The maximum absolute atomic E-state index is 11.3. The number of hydrogen-bond acceptors (Lipinski definition) is 3. The fourth-order valence-electron chi connectivity index (χ4n) is 1.72. The zero-order chi connectivity index (χ0) is 13.0. The van der Waals surface area contributed by atoms with Crippen LogP contribution >= 0.6 is 11.8 Å². The molecule has 2 rings (SSSR count). The Morgan fingerprint density at radius 2 is 1.78 bits per heavy atom. The van der Waals surface area contributed by atoms with E-state index in [9.17, 15) is 4.79 Å². The number of hydrogen-bond donors (Lipinski definition) is 0. The second kappa shape index (κ2) is 5.74. The van der Waals surface area contributed by atoms with Crippen molar-refractivity contribution >= 4 is 17.7 Å². The first-order valence-corrected chi connectivity index (χ1v) is 6.80. The lowest BCUT2D eigenvalue weighted by Gasteiger charge is -2.05. The Kier molecular flexibility index (Phi) is 4.05. The van der Waals surface area contributed by atoms with Crippen molar-refractivity contribution in [2.45, 2.75) is 4.90 Å². The summed E-state index contributed by atoms with van der Waals surface area (Å²) in [5, 5.41) is 0. The number of thioether (sulfide) groups is 1.